The van der Waals surface area contributed by atoms with Gasteiger partial charge in [-0.25, -0.2) is 0 Å². The number of carbonyl (C=O) groups is 2. The van der Waals surface area contributed by atoms with E-state index in [0.29, 0.717) is 31.1 Å². The zero-order valence-electron chi connectivity index (χ0n) is 19.1. The summed E-state index contributed by atoms with van der Waals surface area (Å²) in [5.41, 5.74) is 1.89. The zero-order chi connectivity index (χ0) is 23.4. The van der Waals surface area contributed by atoms with Crippen molar-refractivity contribution in [3.63, 3.8) is 0 Å². The Labute approximate surface area is 193 Å². The van der Waals surface area contributed by atoms with Crippen molar-refractivity contribution in [2.24, 2.45) is 5.92 Å². The molecule has 1 saturated heterocycles. The largest absolute Gasteiger partial charge is 0.497 e. The smallest absolute Gasteiger partial charge is 0.289 e. The summed E-state index contributed by atoms with van der Waals surface area (Å²) in [6.45, 7) is 1.16. The Balaban J connectivity index is 1.65. The highest BCUT2D eigenvalue weighted by atomic mass is 16.5. The molecule has 7 heteroatoms. The van der Waals surface area contributed by atoms with Crippen LogP contribution in [0.15, 0.2) is 71.3 Å². The summed E-state index contributed by atoms with van der Waals surface area (Å²) >= 11 is 0. The minimum absolute atomic E-state index is 0.0246. The highest BCUT2D eigenvalue weighted by Gasteiger charge is 2.43. The fraction of sp³-hybridized carbons (Fsp3) is 0.308. The zero-order valence-corrected chi connectivity index (χ0v) is 19.1. The lowest BCUT2D eigenvalue weighted by molar-refractivity contribution is -0.134. The number of hydrogen-bond acceptors (Lipinski definition) is 5. The Kier molecular flexibility index (Phi) is 6.68. The molecule has 1 aliphatic heterocycles. The average Bonchev–Trinajstić information content (AvgIpc) is 3.54. The fourth-order valence-corrected chi connectivity index (χ4v) is 4.44. The van der Waals surface area contributed by atoms with Crippen LogP contribution in [0.25, 0.3) is 0 Å². The molecule has 0 radical (unpaired) electrons. The predicted molar refractivity (Wildman–Crippen MR) is 123 cm³/mol. The van der Waals surface area contributed by atoms with Crippen molar-refractivity contribution in [3.05, 3.63) is 83.8 Å². The molecule has 0 unspecified atom stereocenters. The van der Waals surface area contributed by atoms with E-state index in [9.17, 15) is 9.59 Å². The van der Waals surface area contributed by atoms with E-state index in [1.165, 1.54) is 6.26 Å². The van der Waals surface area contributed by atoms with Gasteiger partial charge in [-0.1, -0.05) is 30.3 Å². The summed E-state index contributed by atoms with van der Waals surface area (Å²) < 4.78 is 16.4. The number of benzene rings is 2. The Hall–Kier alpha value is -3.74. The number of methoxy groups -OCH3 is 2. The fourth-order valence-electron chi connectivity index (χ4n) is 4.44. The van der Waals surface area contributed by atoms with Gasteiger partial charge in [0.15, 0.2) is 5.76 Å². The quantitative estimate of drug-likeness (QED) is 0.550. The van der Waals surface area contributed by atoms with E-state index in [4.69, 9.17) is 13.9 Å². The van der Waals surface area contributed by atoms with E-state index < -0.39 is 5.92 Å². The normalized spacial score (nSPS) is 17.6. The third-order valence-electron chi connectivity index (χ3n) is 6.13. The Morgan fingerprint density at radius 1 is 1.03 bits per heavy atom. The molecule has 0 aliphatic carbocycles. The average molecular weight is 449 g/mol. The first-order chi connectivity index (χ1) is 16.0. The lowest BCUT2D eigenvalue weighted by atomic mass is 9.87. The van der Waals surface area contributed by atoms with Gasteiger partial charge in [-0.3, -0.25) is 9.59 Å². The van der Waals surface area contributed by atoms with Crippen LogP contribution in [-0.2, 0) is 11.3 Å². The molecule has 33 heavy (non-hydrogen) atoms. The summed E-state index contributed by atoms with van der Waals surface area (Å²) in [5, 5.41) is 0. The monoisotopic (exact) mass is 448 g/mol. The van der Waals surface area contributed by atoms with Crippen LogP contribution in [0.3, 0.4) is 0 Å². The molecule has 7 nitrogen and oxygen atoms in total. The van der Waals surface area contributed by atoms with Crippen molar-refractivity contribution in [2.45, 2.75) is 12.5 Å². The van der Waals surface area contributed by atoms with E-state index in [1.807, 2.05) is 48.5 Å². The van der Waals surface area contributed by atoms with Crippen LogP contribution in [0.5, 0.6) is 11.5 Å². The predicted octanol–water partition coefficient (Wildman–Crippen LogP) is 3.81. The van der Waals surface area contributed by atoms with Gasteiger partial charge in [-0.15, -0.1) is 0 Å². The first-order valence-electron chi connectivity index (χ1n) is 10.9. The topological polar surface area (TPSA) is 72.2 Å². The second-order valence-electron chi connectivity index (χ2n) is 8.19. The minimum atomic E-state index is -0.432. The van der Waals surface area contributed by atoms with Gasteiger partial charge < -0.3 is 23.7 Å². The van der Waals surface area contributed by atoms with Crippen molar-refractivity contribution in [1.29, 1.82) is 0 Å². The summed E-state index contributed by atoms with van der Waals surface area (Å²) in [4.78, 5) is 30.1. The van der Waals surface area contributed by atoms with Gasteiger partial charge >= 0.3 is 0 Å². The standard InChI is InChI=1S/C26H28N2O5/c1-27(15-18-8-5-4-6-9-18)25(29)22-17-28(26(30)24-10-7-13-33-24)16-21(22)20-14-19(31-2)11-12-23(20)32-3/h4-14,21-22H,15-17H2,1-3H3/t21-,22+/m0/s1. The summed E-state index contributed by atoms with van der Waals surface area (Å²) in [7, 11) is 5.00. The molecule has 2 aromatic carbocycles. The van der Waals surface area contributed by atoms with Gasteiger partial charge in [-0.05, 0) is 35.9 Å². The number of hydrogen-bond donors (Lipinski definition) is 0. The molecular weight excluding hydrogens is 420 g/mol. The van der Waals surface area contributed by atoms with Crippen LogP contribution < -0.4 is 9.47 Å². The van der Waals surface area contributed by atoms with Gasteiger partial charge in [0.05, 0.1) is 26.4 Å². The lowest BCUT2D eigenvalue weighted by Gasteiger charge is -2.25. The number of ether oxygens (including phenoxy) is 2. The van der Waals surface area contributed by atoms with Crippen LogP contribution in [0, 0.1) is 5.92 Å². The third-order valence-corrected chi connectivity index (χ3v) is 6.13. The molecule has 2 atom stereocenters. The van der Waals surface area contributed by atoms with Crippen molar-refractivity contribution in [2.75, 3.05) is 34.4 Å². The third kappa shape index (κ3) is 4.72. The van der Waals surface area contributed by atoms with Gasteiger partial charge in [0.25, 0.3) is 5.91 Å². The summed E-state index contributed by atoms with van der Waals surface area (Å²) in [6.07, 6.45) is 1.47. The van der Waals surface area contributed by atoms with E-state index in [1.54, 1.807) is 43.2 Å². The molecule has 1 fully saturated rings. The van der Waals surface area contributed by atoms with E-state index >= 15 is 0 Å². The number of amides is 2. The Morgan fingerprint density at radius 2 is 1.82 bits per heavy atom. The number of nitrogens with zero attached hydrogens (tertiary/aromatic N) is 2. The molecule has 0 saturated carbocycles. The van der Waals surface area contributed by atoms with Crippen molar-refractivity contribution in [3.8, 4) is 11.5 Å². The molecule has 0 bridgehead atoms. The molecular formula is C26H28N2O5. The summed E-state index contributed by atoms with van der Waals surface area (Å²) in [5.74, 6) is 0.661. The first-order valence-corrected chi connectivity index (χ1v) is 10.9. The second-order valence-corrected chi connectivity index (χ2v) is 8.19. The first kappa shape index (κ1) is 22.5. The van der Waals surface area contributed by atoms with Gasteiger partial charge in [0.1, 0.15) is 11.5 Å². The number of likely N-dealkylation sites (tertiary alicyclic amines) is 1. The van der Waals surface area contributed by atoms with Crippen LogP contribution in [-0.4, -0.2) is 56.0 Å². The van der Waals surface area contributed by atoms with Crippen molar-refractivity contribution < 1.29 is 23.5 Å². The van der Waals surface area contributed by atoms with Crippen molar-refractivity contribution in [1.82, 2.24) is 9.80 Å². The van der Waals surface area contributed by atoms with Crippen LogP contribution in [0.2, 0.25) is 0 Å². The molecule has 1 aromatic heterocycles. The maximum Gasteiger partial charge on any atom is 0.289 e. The SMILES string of the molecule is COc1ccc(OC)c([C@@H]2CN(C(=O)c3ccco3)C[C@H]2C(=O)N(C)Cc2ccccc2)c1. The molecule has 4 rings (SSSR count). The molecule has 3 aromatic rings. The molecule has 1 aliphatic rings. The maximum absolute atomic E-state index is 13.6. The number of furan rings is 1. The number of carbonyl (C=O) groups excluding carboxylic acids is 2. The van der Waals surface area contributed by atoms with E-state index in [2.05, 4.69) is 0 Å². The maximum atomic E-state index is 13.6. The Bertz CT molecular complexity index is 1100. The van der Waals surface area contributed by atoms with E-state index in [-0.39, 0.29) is 23.5 Å². The van der Waals surface area contributed by atoms with Gasteiger partial charge in [0.2, 0.25) is 5.91 Å². The highest BCUT2D eigenvalue weighted by Crippen LogP contribution is 2.40. The van der Waals surface area contributed by atoms with Gasteiger partial charge in [0, 0.05) is 38.2 Å². The van der Waals surface area contributed by atoms with Crippen LogP contribution in [0.4, 0.5) is 0 Å². The molecule has 0 N–H and O–H groups in total. The highest BCUT2D eigenvalue weighted by molar-refractivity contribution is 5.93. The van der Waals surface area contributed by atoms with Crippen molar-refractivity contribution >= 4 is 11.8 Å². The minimum Gasteiger partial charge on any atom is -0.497 e. The molecule has 2 amide bonds. The van der Waals surface area contributed by atoms with Crippen LogP contribution in [0.1, 0.15) is 27.6 Å². The lowest BCUT2D eigenvalue weighted by Crippen LogP contribution is -2.36. The van der Waals surface area contributed by atoms with E-state index in [0.717, 1.165) is 11.1 Å². The van der Waals surface area contributed by atoms with Gasteiger partial charge in [-0.2, -0.15) is 0 Å². The summed E-state index contributed by atoms with van der Waals surface area (Å²) in [6, 6.07) is 18.7. The molecule has 0 spiro atoms. The molecule has 2 heterocycles. The molecule has 172 valence electrons. The van der Waals surface area contributed by atoms with Crippen LogP contribution >= 0.6 is 0 Å². The second kappa shape index (κ2) is 9.81. The number of rotatable bonds is 7. The Morgan fingerprint density at radius 3 is 2.48 bits per heavy atom.